The third-order valence-corrected chi connectivity index (χ3v) is 8.23. The Hall–Kier alpha value is -3.21. The number of benzene rings is 3. The minimum absolute atomic E-state index is 0.0928. The fraction of sp³-hybridized carbons (Fsp3) is 0.400. The maximum Gasteiger partial charge on any atom is 0.156 e. The van der Waals surface area contributed by atoms with Crippen LogP contribution in [0.15, 0.2) is 84.9 Å². The van der Waals surface area contributed by atoms with Crippen LogP contribution in [0, 0.1) is 5.41 Å². The molecule has 0 bridgehead atoms. The van der Waals surface area contributed by atoms with Crippen LogP contribution in [0.5, 0.6) is 5.75 Å². The van der Waals surface area contributed by atoms with Crippen LogP contribution in [0.2, 0.25) is 0 Å². The topological polar surface area (TPSA) is 44.8 Å². The smallest absolute Gasteiger partial charge is 0.156 e. The highest BCUT2D eigenvalue weighted by Crippen LogP contribution is 2.59. The molecule has 0 unspecified atom stereocenters. The summed E-state index contributed by atoms with van der Waals surface area (Å²) >= 11 is 0. The van der Waals surface area contributed by atoms with E-state index in [1.165, 1.54) is 16.7 Å². The molecule has 39 heavy (non-hydrogen) atoms. The van der Waals surface area contributed by atoms with Gasteiger partial charge < -0.3 is 14.2 Å². The van der Waals surface area contributed by atoms with Gasteiger partial charge in [-0.3, -0.25) is 4.79 Å². The average molecular weight is 525 g/mol. The number of rotatable bonds is 13. The zero-order valence-electron chi connectivity index (χ0n) is 23.1. The molecule has 2 aliphatic rings. The second-order valence-corrected chi connectivity index (χ2v) is 11.3. The Kier molecular flexibility index (Phi) is 8.95. The fourth-order valence-corrected chi connectivity index (χ4v) is 6.51. The summed E-state index contributed by atoms with van der Waals surface area (Å²) in [5.41, 5.74) is 4.72. The first-order valence-electron chi connectivity index (χ1n) is 14.2. The van der Waals surface area contributed by atoms with E-state index in [0.717, 1.165) is 63.1 Å². The van der Waals surface area contributed by atoms with E-state index in [9.17, 15) is 4.79 Å². The Bertz CT molecular complexity index is 1190. The molecule has 2 aliphatic carbocycles. The van der Waals surface area contributed by atoms with Crippen LogP contribution in [0.4, 0.5) is 0 Å². The average Bonchev–Trinajstić information content (AvgIpc) is 3.09. The van der Waals surface area contributed by atoms with Crippen molar-refractivity contribution in [3.05, 3.63) is 107 Å². The molecule has 1 saturated carbocycles. The number of ketones is 1. The molecule has 0 saturated heterocycles. The molecular formula is C35H40O4. The minimum Gasteiger partial charge on any atom is -0.497 e. The van der Waals surface area contributed by atoms with Crippen molar-refractivity contribution in [2.75, 3.05) is 33.5 Å². The number of carbonyl (C=O) groups excluding carboxylic acids is 1. The molecule has 0 amide bonds. The molecule has 1 spiro atoms. The Morgan fingerprint density at radius 2 is 1.33 bits per heavy atom. The van der Waals surface area contributed by atoms with E-state index in [-0.39, 0.29) is 16.6 Å². The van der Waals surface area contributed by atoms with Crippen LogP contribution < -0.4 is 4.74 Å². The lowest BCUT2D eigenvalue weighted by Crippen LogP contribution is -2.55. The van der Waals surface area contributed by atoms with Crippen LogP contribution in [-0.4, -0.2) is 39.3 Å². The van der Waals surface area contributed by atoms with Gasteiger partial charge in [-0.15, -0.1) is 0 Å². The van der Waals surface area contributed by atoms with Crippen LogP contribution in [0.1, 0.15) is 54.4 Å². The van der Waals surface area contributed by atoms with Crippen LogP contribution in [0.25, 0.3) is 6.08 Å². The molecular weight excluding hydrogens is 484 g/mol. The predicted octanol–water partition coefficient (Wildman–Crippen LogP) is 7.00. The summed E-state index contributed by atoms with van der Waals surface area (Å²) in [6.07, 6.45) is 10.00. The molecule has 3 aromatic carbocycles. The zero-order chi connectivity index (χ0) is 27.0. The second-order valence-electron chi connectivity index (χ2n) is 11.3. The lowest BCUT2D eigenvalue weighted by Gasteiger charge is -2.56. The van der Waals surface area contributed by atoms with E-state index in [4.69, 9.17) is 14.2 Å². The molecule has 5 rings (SSSR count). The van der Waals surface area contributed by atoms with Gasteiger partial charge in [-0.1, -0.05) is 72.8 Å². The van der Waals surface area contributed by atoms with E-state index in [2.05, 4.69) is 72.8 Å². The Balaban J connectivity index is 1.23. The van der Waals surface area contributed by atoms with Crippen molar-refractivity contribution >= 4 is 11.9 Å². The minimum atomic E-state index is -0.203. The molecule has 0 aliphatic heterocycles. The number of carbonyl (C=O) groups is 1. The van der Waals surface area contributed by atoms with E-state index in [1.807, 2.05) is 12.1 Å². The Morgan fingerprint density at radius 3 is 1.90 bits per heavy atom. The van der Waals surface area contributed by atoms with Crippen molar-refractivity contribution in [2.24, 2.45) is 5.41 Å². The molecule has 0 atom stereocenters. The van der Waals surface area contributed by atoms with Gasteiger partial charge in [0, 0.05) is 30.5 Å². The predicted molar refractivity (Wildman–Crippen MR) is 156 cm³/mol. The van der Waals surface area contributed by atoms with Crippen LogP contribution in [-0.2, 0) is 32.5 Å². The highest BCUT2D eigenvalue weighted by atomic mass is 16.5. The van der Waals surface area contributed by atoms with Crippen LogP contribution >= 0.6 is 0 Å². The fourth-order valence-electron chi connectivity index (χ4n) is 6.51. The largest absolute Gasteiger partial charge is 0.497 e. The van der Waals surface area contributed by atoms with Gasteiger partial charge in [0.15, 0.2) is 5.78 Å². The van der Waals surface area contributed by atoms with E-state index in [1.54, 1.807) is 13.2 Å². The van der Waals surface area contributed by atoms with Crippen molar-refractivity contribution in [1.82, 2.24) is 0 Å². The van der Waals surface area contributed by atoms with E-state index in [0.29, 0.717) is 19.6 Å². The van der Waals surface area contributed by atoms with Crippen molar-refractivity contribution < 1.29 is 19.0 Å². The summed E-state index contributed by atoms with van der Waals surface area (Å²) in [5, 5.41) is 0. The maximum atomic E-state index is 12.8. The highest BCUT2D eigenvalue weighted by molar-refractivity contribution is 5.96. The molecule has 204 valence electrons. The summed E-state index contributed by atoms with van der Waals surface area (Å²) in [5.74, 6) is 1.02. The number of methoxy groups -OCH3 is 1. The first-order valence-corrected chi connectivity index (χ1v) is 14.2. The van der Waals surface area contributed by atoms with E-state index >= 15 is 0 Å². The third kappa shape index (κ3) is 6.87. The first-order chi connectivity index (χ1) is 19.1. The van der Waals surface area contributed by atoms with Crippen molar-refractivity contribution in [3.63, 3.8) is 0 Å². The standard InChI is InChI=1S/C35H40O4/c1-37-32-19-17-30-16-18-31(36)23-35(33(30)22-32)24-34(25-35,26-38-20-8-14-28-10-4-2-5-11-28)27-39-21-9-15-29-12-6-3-7-13-29/h2-7,10-13,16-19,22H,8-9,14-15,20-21,23-27H2,1H3. The first kappa shape index (κ1) is 27.4. The molecule has 0 aromatic heterocycles. The van der Waals surface area contributed by atoms with Gasteiger partial charge in [0.05, 0.1) is 20.3 Å². The van der Waals surface area contributed by atoms with Gasteiger partial charge >= 0.3 is 0 Å². The SMILES string of the molecule is COc1ccc2c(c1)C1(CC(=O)C=C2)CC(COCCCc2ccccc2)(COCCCc2ccccc2)C1. The number of allylic oxidation sites excluding steroid dienone is 1. The van der Waals surface area contributed by atoms with Gasteiger partial charge in [0.2, 0.25) is 0 Å². The summed E-state index contributed by atoms with van der Waals surface area (Å²) in [4.78, 5) is 12.8. The molecule has 4 heteroatoms. The molecule has 4 nitrogen and oxygen atoms in total. The van der Waals surface area contributed by atoms with Crippen molar-refractivity contribution in [1.29, 1.82) is 0 Å². The van der Waals surface area contributed by atoms with Gasteiger partial charge in [0.1, 0.15) is 5.75 Å². The molecule has 0 heterocycles. The number of fused-ring (bicyclic) bond motifs is 2. The molecule has 3 aromatic rings. The van der Waals surface area contributed by atoms with E-state index < -0.39 is 0 Å². The zero-order valence-corrected chi connectivity index (χ0v) is 23.1. The summed E-state index contributed by atoms with van der Waals surface area (Å²) in [7, 11) is 1.70. The van der Waals surface area contributed by atoms with Gasteiger partial charge in [0.25, 0.3) is 0 Å². The summed E-state index contributed by atoms with van der Waals surface area (Å²) in [6.45, 7) is 2.76. The van der Waals surface area contributed by atoms with Gasteiger partial charge in [-0.05, 0) is 79.0 Å². The Labute approximate surface area is 233 Å². The molecule has 1 fully saturated rings. The quantitative estimate of drug-likeness (QED) is 0.226. The lowest BCUT2D eigenvalue weighted by atomic mass is 9.49. The number of hydrogen-bond donors (Lipinski definition) is 0. The number of hydrogen-bond acceptors (Lipinski definition) is 4. The number of aryl methyl sites for hydroxylation is 2. The maximum absolute atomic E-state index is 12.8. The molecule has 0 N–H and O–H groups in total. The lowest BCUT2D eigenvalue weighted by molar-refractivity contribution is -0.127. The van der Waals surface area contributed by atoms with Gasteiger partial charge in [-0.25, -0.2) is 0 Å². The summed E-state index contributed by atoms with van der Waals surface area (Å²) in [6, 6.07) is 27.3. The van der Waals surface area contributed by atoms with Crippen molar-refractivity contribution in [2.45, 2.75) is 50.4 Å². The normalized spacial score (nSPS) is 16.9. The number of ether oxygens (including phenoxy) is 3. The highest BCUT2D eigenvalue weighted by Gasteiger charge is 2.57. The van der Waals surface area contributed by atoms with Crippen molar-refractivity contribution in [3.8, 4) is 5.75 Å². The third-order valence-electron chi connectivity index (χ3n) is 8.23. The Morgan fingerprint density at radius 1 is 0.744 bits per heavy atom. The van der Waals surface area contributed by atoms with Crippen LogP contribution in [0.3, 0.4) is 0 Å². The van der Waals surface area contributed by atoms with Gasteiger partial charge in [-0.2, -0.15) is 0 Å². The summed E-state index contributed by atoms with van der Waals surface area (Å²) < 4.78 is 18.2. The monoisotopic (exact) mass is 524 g/mol. The molecule has 0 radical (unpaired) electrons. The second kappa shape index (κ2) is 12.8.